The number of carbonyl (C=O) groups excluding carboxylic acids is 1. The molecule has 2 aromatic rings. The summed E-state index contributed by atoms with van der Waals surface area (Å²) in [7, 11) is 1.62. The molecule has 1 unspecified atom stereocenters. The second-order valence-corrected chi connectivity index (χ2v) is 7.01. The van der Waals surface area contributed by atoms with Crippen molar-refractivity contribution in [2.24, 2.45) is 0 Å². The first-order valence-corrected chi connectivity index (χ1v) is 9.72. The molecular formula is C20H28N4O3. The van der Waals surface area contributed by atoms with E-state index in [0.717, 1.165) is 61.4 Å². The Kier molecular flexibility index (Phi) is 6.55. The van der Waals surface area contributed by atoms with Crippen molar-refractivity contribution in [3.05, 3.63) is 29.5 Å². The highest BCUT2D eigenvalue weighted by Gasteiger charge is 2.31. The summed E-state index contributed by atoms with van der Waals surface area (Å²) in [6, 6.07) is 1.82. The molecule has 0 N–H and O–H groups in total. The van der Waals surface area contributed by atoms with Crippen molar-refractivity contribution in [2.75, 3.05) is 20.3 Å². The average molecular weight is 372 g/mol. The van der Waals surface area contributed by atoms with Crippen molar-refractivity contribution in [1.82, 2.24) is 20.0 Å². The molecule has 1 atom stereocenters. The molecule has 1 saturated heterocycles. The maximum absolute atomic E-state index is 12.8. The van der Waals surface area contributed by atoms with Gasteiger partial charge in [0.05, 0.1) is 36.0 Å². The third-order valence-electron chi connectivity index (χ3n) is 4.89. The SMILES string of the molecule is CCCc1ncc(-c2cc(C)no2)c(C2CCCCN2C(=O)CCOC)n1. The van der Waals surface area contributed by atoms with E-state index >= 15 is 0 Å². The summed E-state index contributed by atoms with van der Waals surface area (Å²) in [5.41, 5.74) is 2.51. The molecule has 3 rings (SSSR count). The van der Waals surface area contributed by atoms with E-state index in [2.05, 4.69) is 17.1 Å². The predicted molar refractivity (Wildman–Crippen MR) is 101 cm³/mol. The summed E-state index contributed by atoms with van der Waals surface area (Å²) >= 11 is 0. The maximum Gasteiger partial charge on any atom is 0.225 e. The molecule has 2 aromatic heterocycles. The number of hydrogen-bond acceptors (Lipinski definition) is 6. The number of aryl methyl sites for hydroxylation is 2. The lowest BCUT2D eigenvalue weighted by atomic mass is 9.95. The lowest BCUT2D eigenvalue weighted by molar-refractivity contribution is -0.136. The topological polar surface area (TPSA) is 81.4 Å². The number of nitrogens with zero attached hydrogens (tertiary/aromatic N) is 4. The fourth-order valence-electron chi connectivity index (χ4n) is 3.56. The molecule has 0 spiro atoms. The first-order valence-electron chi connectivity index (χ1n) is 9.72. The molecule has 27 heavy (non-hydrogen) atoms. The Labute approximate surface area is 160 Å². The summed E-state index contributed by atoms with van der Waals surface area (Å²) in [5, 5.41) is 4.01. The third kappa shape index (κ3) is 4.53. The molecule has 1 fully saturated rings. The fraction of sp³-hybridized carbons (Fsp3) is 0.600. The van der Waals surface area contributed by atoms with Crippen molar-refractivity contribution >= 4 is 5.91 Å². The average Bonchev–Trinajstić information content (AvgIpc) is 3.12. The number of amides is 1. The van der Waals surface area contributed by atoms with Crippen LogP contribution in [0.15, 0.2) is 16.8 Å². The molecule has 0 saturated carbocycles. The first-order chi connectivity index (χ1) is 13.1. The van der Waals surface area contributed by atoms with Crippen LogP contribution in [-0.4, -0.2) is 46.2 Å². The van der Waals surface area contributed by atoms with Crippen LogP contribution in [0.2, 0.25) is 0 Å². The van der Waals surface area contributed by atoms with E-state index in [4.69, 9.17) is 14.2 Å². The Morgan fingerprint density at radius 2 is 2.26 bits per heavy atom. The van der Waals surface area contributed by atoms with E-state index in [0.29, 0.717) is 18.8 Å². The zero-order valence-electron chi connectivity index (χ0n) is 16.4. The fourth-order valence-corrected chi connectivity index (χ4v) is 3.56. The Morgan fingerprint density at radius 3 is 2.96 bits per heavy atom. The standard InChI is InChI=1S/C20H28N4O3/c1-4-7-18-21-13-15(17-12-14(2)23-27-17)20(22-18)16-8-5-6-10-24(16)19(25)9-11-26-3/h12-13,16H,4-11H2,1-3H3. The number of carbonyl (C=O) groups is 1. The van der Waals surface area contributed by atoms with Crippen LogP contribution in [0, 0.1) is 6.92 Å². The van der Waals surface area contributed by atoms with Crippen LogP contribution < -0.4 is 0 Å². The van der Waals surface area contributed by atoms with Crippen molar-refractivity contribution in [2.45, 2.75) is 58.4 Å². The van der Waals surface area contributed by atoms with Gasteiger partial charge in [-0.2, -0.15) is 0 Å². The van der Waals surface area contributed by atoms with Crippen LogP contribution in [0.3, 0.4) is 0 Å². The van der Waals surface area contributed by atoms with Crippen LogP contribution in [0.4, 0.5) is 0 Å². The number of methoxy groups -OCH3 is 1. The minimum atomic E-state index is -0.0675. The highest BCUT2D eigenvalue weighted by atomic mass is 16.5. The Hall–Kier alpha value is -2.28. The summed E-state index contributed by atoms with van der Waals surface area (Å²) in [4.78, 5) is 24.1. The zero-order valence-corrected chi connectivity index (χ0v) is 16.4. The molecule has 0 radical (unpaired) electrons. The van der Waals surface area contributed by atoms with E-state index in [1.165, 1.54) is 0 Å². The molecule has 3 heterocycles. The number of aromatic nitrogens is 3. The molecule has 0 bridgehead atoms. The second kappa shape index (κ2) is 9.08. The number of hydrogen-bond donors (Lipinski definition) is 0. The molecule has 0 aliphatic carbocycles. The molecular weight excluding hydrogens is 344 g/mol. The molecule has 7 nitrogen and oxygen atoms in total. The third-order valence-corrected chi connectivity index (χ3v) is 4.89. The van der Waals surface area contributed by atoms with E-state index in [1.54, 1.807) is 7.11 Å². The van der Waals surface area contributed by atoms with E-state index in [1.807, 2.05) is 24.1 Å². The number of likely N-dealkylation sites (tertiary alicyclic amines) is 1. The largest absolute Gasteiger partial charge is 0.384 e. The van der Waals surface area contributed by atoms with Crippen molar-refractivity contribution in [3.8, 4) is 11.3 Å². The van der Waals surface area contributed by atoms with Crippen LogP contribution >= 0.6 is 0 Å². The van der Waals surface area contributed by atoms with Gasteiger partial charge < -0.3 is 14.2 Å². The second-order valence-electron chi connectivity index (χ2n) is 7.01. The molecule has 1 amide bonds. The summed E-state index contributed by atoms with van der Waals surface area (Å²) in [6.07, 6.45) is 6.96. The maximum atomic E-state index is 12.8. The zero-order chi connectivity index (χ0) is 19.2. The van der Waals surface area contributed by atoms with Crippen LogP contribution in [0.5, 0.6) is 0 Å². The van der Waals surface area contributed by atoms with Gasteiger partial charge in [-0.3, -0.25) is 4.79 Å². The van der Waals surface area contributed by atoms with Gasteiger partial charge in [-0.25, -0.2) is 9.97 Å². The van der Waals surface area contributed by atoms with Crippen molar-refractivity contribution in [3.63, 3.8) is 0 Å². The number of piperidine rings is 1. The van der Waals surface area contributed by atoms with Gasteiger partial charge in [0, 0.05) is 32.3 Å². The number of ether oxygens (including phenoxy) is 1. The molecule has 1 aliphatic heterocycles. The summed E-state index contributed by atoms with van der Waals surface area (Å²) < 4.78 is 10.6. The Balaban J connectivity index is 2.00. The molecule has 7 heteroatoms. The van der Waals surface area contributed by atoms with E-state index in [-0.39, 0.29) is 11.9 Å². The van der Waals surface area contributed by atoms with Gasteiger partial charge in [0.1, 0.15) is 5.82 Å². The predicted octanol–water partition coefficient (Wildman–Crippen LogP) is 3.48. The monoisotopic (exact) mass is 372 g/mol. The number of rotatable bonds is 7. The lowest BCUT2D eigenvalue weighted by Gasteiger charge is -2.36. The van der Waals surface area contributed by atoms with Crippen molar-refractivity contribution < 1.29 is 14.1 Å². The molecule has 146 valence electrons. The van der Waals surface area contributed by atoms with Gasteiger partial charge in [0.15, 0.2) is 5.76 Å². The van der Waals surface area contributed by atoms with Crippen molar-refractivity contribution in [1.29, 1.82) is 0 Å². The van der Waals surface area contributed by atoms with Gasteiger partial charge in [-0.15, -0.1) is 0 Å². The first kappa shape index (κ1) is 19.5. The van der Waals surface area contributed by atoms with Gasteiger partial charge in [0.25, 0.3) is 0 Å². The quantitative estimate of drug-likeness (QED) is 0.740. The molecule has 0 aromatic carbocycles. The van der Waals surface area contributed by atoms with Crippen LogP contribution in [0.25, 0.3) is 11.3 Å². The van der Waals surface area contributed by atoms with Gasteiger partial charge >= 0.3 is 0 Å². The molecule has 1 aliphatic rings. The lowest BCUT2D eigenvalue weighted by Crippen LogP contribution is -2.39. The van der Waals surface area contributed by atoms with Crippen LogP contribution in [-0.2, 0) is 16.0 Å². The minimum Gasteiger partial charge on any atom is -0.384 e. The van der Waals surface area contributed by atoms with Gasteiger partial charge in [-0.05, 0) is 32.6 Å². The normalized spacial score (nSPS) is 17.3. The van der Waals surface area contributed by atoms with E-state index in [9.17, 15) is 4.79 Å². The summed E-state index contributed by atoms with van der Waals surface area (Å²) in [6.45, 7) is 5.17. The summed E-state index contributed by atoms with van der Waals surface area (Å²) in [5.74, 6) is 1.57. The van der Waals surface area contributed by atoms with Crippen LogP contribution in [0.1, 0.15) is 62.3 Å². The Bertz CT molecular complexity index is 774. The Morgan fingerprint density at radius 1 is 1.41 bits per heavy atom. The van der Waals surface area contributed by atoms with E-state index < -0.39 is 0 Å². The van der Waals surface area contributed by atoms with Gasteiger partial charge in [0.2, 0.25) is 5.91 Å². The highest BCUT2D eigenvalue weighted by Crippen LogP contribution is 2.36. The smallest absolute Gasteiger partial charge is 0.225 e. The minimum absolute atomic E-state index is 0.0675. The van der Waals surface area contributed by atoms with Gasteiger partial charge in [-0.1, -0.05) is 12.1 Å². The highest BCUT2D eigenvalue weighted by molar-refractivity contribution is 5.77.